The van der Waals surface area contributed by atoms with Crippen LogP contribution in [0.3, 0.4) is 0 Å². The van der Waals surface area contributed by atoms with Crippen LogP contribution in [-0.4, -0.2) is 45.5 Å². The zero-order chi connectivity index (χ0) is 21.4. The number of nitrogen functional groups attached to an aromatic ring is 2. The maximum Gasteiger partial charge on any atom is 0.263 e. The monoisotopic (exact) mass is 408 g/mol. The molecule has 1 fully saturated rings. The molecule has 4 rings (SSSR count). The third-order valence-electron chi connectivity index (χ3n) is 5.61. The molecule has 0 radical (unpaired) electrons. The molecule has 0 saturated carbocycles. The van der Waals surface area contributed by atoms with Crippen LogP contribution >= 0.6 is 0 Å². The number of amides is 1. The summed E-state index contributed by atoms with van der Waals surface area (Å²) >= 11 is 0. The Kier molecular flexibility index (Phi) is 5.03. The number of nitrogens with two attached hydrogens (primary N) is 2. The molecule has 9 heteroatoms. The van der Waals surface area contributed by atoms with Crippen LogP contribution in [0.15, 0.2) is 35.3 Å². The second-order valence-electron chi connectivity index (χ2n) is 7.44. The zero-order valence-electron chi connectivity index (χ0n) is 17.0. The van der Waals surface area contributed by atoms with E-state index in [2.05, 4.69) is 9.97 Å². The van der Waals surface area contributed by atoms with E-state index < -0.39 is 0 Å². The molecule has 0 atom stereocenters. The van der Waals surface area contributed by atoms with E-state index in [4.69, 9.17) is 16.2 Å². The van der Waals surface area contributed by atoms with Crippen LogP contribution in [0.2, 0.25) is 0 Å². The molecule has 1 aliphatic heterocycles. The molecule has 0 bridgehead atoms. The number of benzene rings is 1. The van der Waals surface area contributed by atoms with Crippen LogP contribution in [0.5, 0.6) is 5.88 Å². The molecule has 2 aromatic heterocycles. The molecule has 0 aliphatic carbocycles. The summed E-state index contributed by atoms with van der Waals surface area (Å²) in [5, 5.41) is 0.477. The molecule has 0 spiro atoms. The van der Waals surface area contributed by atoms with E-state index in [1.165, 1.54) is 7.11 Å². The fourth-order valence-electron chi connectivity index (χ4n) is 3.98. The second-order valence-corrected chi connectivity index (χ2v) is 7.44. The molecule has 0 unspecified atom stereocenters. The van der Waals surface area contributed by atoms with Crippen molar-refractivity contribution >= 4 is 28.4 Å². The van der Waals surface area contributed by atoms with Crippen molar-refractivity contribution in [1.29, 1.82) is 0 Å². The Morgan fingerprint density at radius 3 is 2.53 bits per heavy atom. The molecule has 4 N–H and O–H groups in total. The van der Waals surface area contributed by atoms with Crippen molar-refractivity contribution in [3.63, 3.8) is 0 Å². The second kappa shape index (κ2) is 7.66. The van der Waals surface area contributed by atoms with Crippen LogP contribution < -0.4 is 21.8 Å². The van der Waals surface area contributed by atoms with Crippen LogP contribution in [-0.2, 0) is 4.79 Å². The van der Waals surface area contributed by atoms with Crippen molar-refractivity contribution in [3.8, 4) is 17.0 Å². The van der Waals surface area contributed by atoms with Gasteiger partial charge in [-0.05, 0) is 36.6 Å². The number of fused-ring (bicyclic) bond motifs is 1. The number of rotatable bonds is 3. The summed E-state index contributed by atoms with van der Waals surface area (Å²) in [6.07, 6.45) is 2.97. The highest BCUT2D eigenvalue weighted by Gasteiger charge is 2.25. The lowest BCUT2D eigenvalue weighted by Gasteiger charge is -2.32. The standard InChI is InChI=1S/C21H24N6O3/c1-12(28)26-7-5-15(6-8-26)27-20(29)16-9-13(3-4-18(16)25-21(27)23)14-10-17(22)19(30-2)24-11-14/h3-4,9-11,15H,5-8,22H2,1-2H3,(H2,23,25). The molecule has 9 nitrogen and oxygen atoms in total. The molecule has 3 aromatic rings. The van der Waals surface area contributed by atoms with E-state index in [9.17, 15) is 9.59 Å². The van der Waals surface area contributed by atoms with Gasteiger partial charge in [0.15, 0.2) is 0 Å². The van der Waals surface area contributed by atoms with Gasteiger partial charge in [0, 0.05) is 37.8 Å². The smallest absolute Gasteiger partial charge is 0.263 e. The average molecular weight is 408 g/mol. The molecule has 156 valence electrons. The Balaban J connectivity index is 1.75. The van der Waals surface area contributed by atoms with E-state index in [0.29, 0.717) is 48.4 Å². The summed E-state index contributed by atoms with van der Waals surface area (Å²) in [4.78, 5) is 35.3. The van der Waals surface area contributed by atoms with Gasteiger partial charge in [-0.2, -0.15) is 0 Å². The molecular formula is C21H24N6O3. The number of hydrogen-bond acceptors (Lipinski definition) is 7. The first kappa shape index (κ1) is 19.7. The number of carbonyl (C=O) groups excluding carboxylic acids is 1. The Morgan fingerprint density at radius 1 is 1.17 bits per heavy atom. The Hall–Kier alpha value is -3.62. The summed E-state index contributed by atoms with van der Waals surface area (Å²) < 4.78 is 6.67. The average Bonchev–Trinajstić information content (AvgIpc) is 2.74. The maximum absolute atomic E-state index is 13.3. The van der Waals surface area contributed by atoms with E-state index in [0.717, 1.165) is 11.1 Å². The highest BCUT2D eigenvalue weighted by Crippen LogP contribution is 2.29. The molecule has 3 heterocycles. The topological polar surface area (TPSA) is 129 Å². The van der Waals surface area contributed by atoms with Gasteiger partial charge in [0.25, 0.3) is 5.56 Å². The third kappa shape index (κ3) is 3.42. The fourth-order valence-corrected chi connectivity index (χ4v) is 3.98. The van der Waals surface area contributed by atoms with Crippen molar-refractivity contribution in [2.45, 2.75) is 25.8 Å². The Labute approximate surface area is 173 Å². The van der Waals surface area contributed by atoms with Gasteiger partial charge in [-0.15, -0.1) is 0 Å². The van der Waals surface area contributed by atoms with Gasteiger partial charge in [-0.25, -0.2) is 9.97 Å². The highest BCUT2D eigenvalue weighted by molar-refractivity contribution is 5.85. The number of hydrogen-bond donors (Lipinski definition) is 2. The summed E-state index contributed by atoms with van der Waals surface area (Å²) in [7, 11) is 1.51. The predicted octanol–water partition coefficient (Wildman–Crippen LogP) is 1.81. The van der Waals surface area contributed by atoms with Gasteiger partial charge < -0.3 is 21.1 Å². The zero-order valence-corrected chi connectivity index (χ0v) is 17.0. The first-order valence-electron chi connectivity index (χ1n) is 9.76. The van der Waals surface area contributed by atoms with Crippen molar-refractivity contribution < 1.29 is 9.53 Å². The Bertz CT molecular complexity index is 1180. The highest BCUT2D eigenvalue weighted by atomic mass is 16.5. The number of methoxy groups -OCH3 is 1. The van der Waals surface area contributed by atoms with Gasteiger partial charge >= 0.3 is 0 Å². The SMILES string of the molecule is COc1ncc(-c2ccc3nc(N)n(C4CCN(C(C)=O)CC4)c(=O)c3c2)cc1N. The van der Waals surface area contributed by atoms with E-state index in [1.54, 1.807) is 40.8 Å². The van der Waals surface area contributed by atoms with Gasteiger partial charge in [0.2, 0.25) is 17.7 Å². The quantitative estimate of drug-likeness (QED) is 0.676. The van der Waals surface area contributed by atoms with Crippen LogP contribution in [0.25, 0.3) is 22.0 Å². The first-order valence-corrected chi connectivity index (χ1v) is 9.76. The minimum Gasteiger partial charge on any atom is -0.480 e. The molecule has 1 saturated heterocycles. The normalized spacial score (nSPS) is 14.8. The number of piperidine rings is 1. The molecule has 30 heavy (non-hydrogen) atoms. The van der Waals surface area contributed by atoms with Crippen molar-refractivity contribution in [2.24, 2.45) is 0 Å². The third-order valence-corrected chi connectivity index (χ3v) is 5.61. The Morgan fingerprint density at radius 2 is 1.90 bits per heavy atom. The maximum atomic E-state index is 13.3. The van der Waals surface area contributed by atoms with Crippen LogP contribution in [0.1, 0.15) is 25.8 Å². The molecule has 1 amide bonds. The van der Waals surface area contributed by atoms with Crippen LogP contribution in [0.4, 0.5) is 11.6 Å². The lowest BCUT2D eigenvalue weighted by Crippen LogP contribution is -2.40. The lowest BCUT2D eigenvalue weighted by molar-refractivity contribution is -0.130. The summed E-state index contributed by atoms with van der Waals surface area (Å²) in [5.41, 5.74) is 14.5. The predicted molar refractivity (Wildman–Crippen MR) is 115 cm³/mol. The number of aromatic nitrogens is 3. The summed E-state index contributed by atoms with van der Waals surface area (Å²) in [6.45, 7) is 2.75. The largest absolute Gasteiger partial charge is 0.480 e. The van der Waals surface area contributed by atoms with Gasteiger partial charge in [0.1, 0.15) is 0 Å². The summed E-state index contributed by atoms with van der Waals surface area (Å²) in [5.74, 6) is 0.590. The van der Waals surface area contributed by atoms with E-state index >= 15 is 0 Å². The molecule has 1 aliphatic rings. The minimum absolute atomic E-state index is 0.0439. The number of nitrogens with zero attached hydrogens (tertiary/aromatic N) is 4. The number of pyridine rings is 1. The van der Waals surface area contributed by atoms with Gasteiger partial charge in [-0.1, -0.05) is 6.07 Å². The van der Waals surface area contributed by atoms with Crippen LogP contribution in [0, 0.1) is 0 Å². The number of likely N-dealkylation sites (tertiary alicyclic amines) is 1. The van der Waals surface area contributed by atoms with Crippen molar-refractivity contribution in [2.75, 3.05) is 31.7 Å². The van der Waals surface area contributed by atoms with Gasteiger partial charge in [0.05, 0.1) is 23.7 Å². The molecule has 1 aromatic carbocycles. The van der Waals surface area contributed by atoms with Crippen molar-refractivity contribution in [3.05, 3.63) is 40.8 Å². The van der Waals surface area contributed by atoms with E-state index in [1.807, 2.05) is 6.07 Å². The fraction of sp³-hybridized carbons (Fsp3) is 0.333. The van der Waals surface area contributed by atoms with Gasteiger partial charge in [-0.3, -0.25) is 14.2 Å². The molecular weight excluding hydrogens is 384 g/mol. The minimum atomic E-state index is -0.185. The number of carbonyl (C=O) groups is 1. The first-order chi connectivity index (χ1) is 14.4. The van der Waals surface area contributed by atoms with Crippen molar-refractivity contribution in [1.82, 2.24) is 19.4 Å². The lowest BCUT2D eigenvalue weighted by atomic mass is 10.0. The van der Waals surface area contributed by atoms with E-state index in [-0.39, 0.29) is 23.5 Å². The number of anilines is 2. The summed E-state index contributed by atoms with van der Waals surface area (Å²) in [6, 6.07) is 7.08. The number of ether oxygens (including phenoxy) is 1.